The molecule has 13 heavy (non-hydrogen) atoms. The van der Waals surface area contributed by atoms with Crippen molar-refractivity contribution in [1.82, 2.24) is 0 Å². The van der Waals surface area contributed by atoms with Crippen molar-refractivity contribution >= 4 is 11.8 Å². The second-order valence-electron chi connectivity index (χ2n) is 2.44. The number of esters is 1. The molecule has 1 heterocycles. The van der Waals surface area contributed by atoms with Gasteiger partial charge in [-0.2, -0.15) is 0 Å². The molecule has 0 aromatic carbocycles. The summed E-state index contributed by atoms with van der Waals surface area (Å²) in [6.07, 6.45) is 1.12. The van der Waals surface area contributed by atoms with Crippen molar-refractivity contribution in [3.63, 3.8) is 0 Å². The molecule has 0 unspecified atom stereocenters. The zero-order chi connectivity index (χ0) is 9.30. The van der Waals surface area contributed by atoms with Gasteiger partial charge in [0.25, 0.3) is 0 Å². The van der Waals surface area contributed by atoms with Gasteiger partial charge in [-0.1, -0.05) is 6.92 Å². The summed E-state index contributed by atoms with van der Waals surface area (Å²) in [5, 5.41) is 10.7. The molecule has 0 aromatic rings. The topological polar surface area (TPSA) is 66.4 Å². The first-order chi connectivity index (χ1) is 5.52. The van der Waals surface area contributed by atoms with Crippen molar-refractivity contribution in [3.8, 4) is 0 Å². The van der Waals surface area contributed by atoms with Crippen LogP contribution in [0.2, 0.25) is 0 Å². The van der Waals surface area contributed by atoms with Gasteiger partial charge >= 0.3 is 35.5 Å². The first-order valence-electron chi connectivity index (χ1n) is 3.35. The standard InChI is InChI=1S/C8H8O4.Na/c1-4-3-6(10)7(5(2)9)8(11)12-4;/h3,9H,1-2H3;/q;+1/p-1. The molecular formula is C8H7NaO4. The minimum Gasteiger partial charge on any atom is -0.875 e. The van der Waals surface area contributed by atoms with Gasteiger partial charge in [0, 0.05) is 6.08 Å². The molecule has 0 atom stereocenters. The predicted octanol–water partition coefficient (Wildman–Crippen LogP) is -3.35. The van der Waals surface area contributed by atoms with Crippen LogP contribution in [-0.2, 0) is 14.3 Å². The number of ether oxygens (including phenoxy) is 1. The Labute approximate surface area is 97.6 Å². The van der Waals surface area contributed by atoms with Crippen molar-refractivity contribution in [2.24, 2.45) is 0 Å². The van der Waals surface area contributed by atoms with Crippen molar-refractivity contribution in [2.75, 3.05) is 0 Å². The summed E-state index contributed by atoms with van der Waals surface area (Å²) >= 11 is 0. The van der Waals surface area contributed by atoms with Crippen LogP contribution in [0.1, 0.15) is 13.8 Å². The number of hydrogen-bond acceptors (Lipinski definition) is 4. The van der Waals surface area contributed by atoms with Crippen LogP contribution in [0, 0.1) is 0 Å². The molecule has 0 bridgehead atoms. The van der Waals surface area contributed by atoms with Crippen molar-refractivity contribution < 1.29 is 49.0 Å². The maximum absolute atomic E-state index is 11.0. The van der Waals surface area contributed by atoms with E-state index in [2.05, 4.69) is 4.74 Å². The third kappa shape index (κ3) is 2.69. The molecule has 0 saturated heterocycles. The van der Waals surface area contributed by atoms with E-state index in [9.17, 15) is 14.7 Å². The van der Waals surface area contributed by atoms with E-state index in [1.54, 1.807) is 0 Å². The van der Waals surface area contributed by atoms with Gasteiger partial charge in [0.2, 0.25) is 0 Å². The average Bonchev–Trinajstić information content (AvgIpc) is 1.82. The molecule has 0 spiro atoms. The van der Waals surface area contributed by atoms with Gasteiger partial charge in [-0.3, -0.25) is 4.79 Å². The molecule has 0 amide bonds. The minimum atomic E-state index is -0.854. The fourth-order valence-electron chi connectivity index (χ4n) is 0.901. The number of carbonyl (C=O) groups is 2. The van der Waals surface area contributed by atoms with Gasteiger partial charge in [-0.05, 0) is 6.92 Å². The molecule has 1 aliphatic heterocycles. The Bertz CT molecular complexity index is 310. The van der Waals surface area contributed by atoms with E-state index in [-0.39, 0.29) is 35.3 Å². The quantitative estimate of drug-likeness (QED) is 0.132. The van der Waals surface area contributed by atoms with Crippen LogP contribution >= 0.6 is 0 Å². The van der Waals surface area contributed by atoms with Crippen molar-refractivity contribution in [2.45, 2.75) is 13.8 Å². The van der Waals surface area contributed by atoms with Crippen LogP contribution in [0.3, 0.4) is 0 Å². The number of hydrogen-bond donors (Lipinski definition) is 0. The maximum atomic E-state index is 11.0. The van der Waals surface area contributed by atoms with E-state index >= 15 is 0 Å². The van der Waals surface area contributed by atoms with Crippen molar-refractivity contribution in [1.29, 1.82) is 0 Å². The molecule has 0 aliphatic carbocycles. The Morgan fingerprint density at radius 1 is 1.46 bits per heavy atom. The third-order valence-electron chi connectivity index (χ3n) is 1.39. The summed E-state index contributed by atoms with van der Waals surface area (Å²) in [4.78, 5) is 21.9. The molecule has 0 fully saturated rings. The summed E-state index contributed by atoms with van der Waals surface area (Å²) in [6, 6.07) is 0. The van der Waals surface area contributed by atoms with Crippen LogP contribution in [0.5, 0.6) is 0 Å². The van der Waals surface area contributed by atoms with Crippen LogP contribution in [0.25, 0.3) is 0 Å². The van der Waals surface area contributed by atoms with E-state index in [0.717, 1.165) is 13.0 Å². The van der Waals surface area contributed by atoms with E-state index < -0.39 is 23.1 Å². The smallest absolute Gasteiger partial charge is 0.875 e. The summed E-state index contributed by atoms with van der Waals surface area (Å²) < 4.78 is 4.57. The Morgan fingerprint density at radius 2 is 2.00 bits per heavy atom. The maximum Gasteiger partial charge on any atom is 1.00 e. The Kier molecular flexibility index (Phi) is 4.39. The third-order valence-corrected chi connectivity index (χ3v) is 1.39. The zero-order valence-corrected chi connectivity index (χ0v) is 9.71. The Balaban J connectivity index is 0.00000144. The zero-order valence-electron chi connectivity index (χ0n) is 7.71. The van der Waals surface area contributed by atoms with Crippen LogP contribution < -0.4 is 34.7 Å². The Morgan fingerprint density at radius 3 is 2.38 bits per heavy atom. The summed E-state index contributed by atoms with van der Waals surface area (Å²) in [7, 11) is 0. The normalized spacial score (nSPS) is 20.0. The second-order valence-corrected chi connectivity index (χ2v) is 2.44. The molecule has 1 aliphatic rings. The first-order valence-corrected chi connectivity index (χ1v) is 3.35. The van der Waals surface area contributed by atoms with E-state index in [1.165, 1.54) is 6.92 Å². The van der Waals surface area contributed by atoms with E-state index in [4.69, 9.17) is 0 Å². The van der Waals surface area contributed by atoms with Gasteiger partial charge in [-0.25, -0.2) is 4.79 Å². The minimum absolute atomic E-state index is 0. The summed E-state index contributed by atoms with van der Waals surface area (Å²) in [6.45, 7) is 2.63. The first kappa shape index (κ1) is 12.4. The average molecular weight is 190 g/mol. The molecule has 0 radical (unpaired) electrons. The Hall–Kier alpha value is -0.580. The largest absolute Gasteiger partial charge is 1.00 e. The van der Waals surface area contributed by atoms with Gasteiger partial charge in [0.05, 0.1) is 5.57 Å². The number of allylic oxidation sites excluding steroid dienone is 3. The van der Waals surface area contributed by atoms with E-state index in [1.807, 2.05) is 0 Å². The number of ketones is 1. The fourth-order valence-corrected chi connectivity index (χ4v) is 0.901. The van der Waals surface area contributed by atoms with Gasteiger partial charge < -0.3 is 9.84 Å². The van der Waals surface area contributed by atoms with Crippen LogP contribution in [-0.4, -0.2) is 11.8 Å². The molecule has 4 nitrogen and oxygen atoms in total. The van der Waals surface area contributed by atoms with Gasteiger partial charge in [0.15, 0.2) is 5.78 Å². The fraction of sp³-hybridized carbons (Fsp3) is 0.250. The van der Waals surface area contributed by atoms with Crippen LogP contribution in [0.4, 0.5) is 0 Å². The van der Waals surface area contributed by atoms with Crippen LogP contribution in [0.15, 0.2) is 23.2 Å². The molecular weight excluding hydrogens is 183 g/mol. The van der Waals surface area contributed by atoms with Gasteiger partial charge in [0.1, 0.15) is 5.76 Å². The number of cyclic esters (lactones) is 1. The molecule has 5 heteroatoms. The predicted molar refractivity (Wildman–Crippen MR) is 37.6 cm³/mol. The monoisotopic (exact) mass is 190 g/mol. The number of carbonyl (C=O) groups excluding carboxylic acids is 2. The SMILES string of the molecule is CC1=CC(=O)C(=C(C)[O-])C(=O)O1.[Na+]. The molecule has 0 saturated carbocycles. The molecule has 0 N–H and O–H groups in total. The second kappa shape index (κ2) is 4.60. The molecule has 1 rings (SSSR count). The molecule has 0 aromatic heterocycles. The van der Waals surface area contributed by atoms with Crippen molar-refractivity contribution in [3.05, 3.63) is 23.2 Å². The summed E-state index contributed by atoms with van der Waals surface area (Å²) in [5.41, 5.74) is -0.402. The molecule has 64 valence electrons. The van der Waals surface area contributed by atoms with E-state index in [0.29, 0.717) is 0 Å². The number of rotatable bonds is 0. The van der Waals surface area contributed by atoms with Gasteiger partial charge in [-0.15, -0.1) is 5.76 Å². The summed E-state index contributed by atoms with van der Waals surface area (Å²) in [5.74, 6) is -1.77.